The van der Waals surface area contributed by atoms with Gasteiger partial charge in [-0.2, -0.15) is 0 Å². The van der Waals surface area contributed by atoms with E-state index in [2.05, 4.69) is 21.3 Å². The van der Waals surface area contributed by atoms with Gasteiger partial charge in [0.15, 0.2) is 0 Å². The number of hydrogen-bond acceptors (Lipinski definition) is 8. The molecule has 1 aliphatic carbocycles. The molecular weight excluding hydrogens is 526 g/mol. The third-order valence-corrected chi connectivity index (χ3v) is 7.61. The third-order valence-electron chi connectivity index (χ3n) is 5.99. The summed E-state index contributed by atoms with van der Waals surface area (Å²) in [6.45, 7) is 0.171. The van der Waals surface area contributed by atoms with Gasteiger partial charge in [0.1, 0.15) is 6.61 Å². The van der Waals surface area contributed by atoms with Gasteiger partial charge >= 0.3 is 12.1 Å². The van der Waals surface area contributed by atoms with Crippen molar-refractivity contribution in [1.29, 1.82) is 0 Å². The van der Waals surface area contributed by atoms with Crippen LogP contribution in [0.15, 0.2) is 59.5 Å². The number of aliphatic hydroxyl groups is 1. The minimum absolute atomic E-state index is 0.0211. The molecule has 0 heterocycles. The Bertz CT molecular complexity index is 1160. The summed E-state index contributed by atoms with van der Waals surface area (Å²) in [6, 6.07) is 15.0. The lowest BCUT2D eigenvalue weighted by Gasteiger charge is -2.27. The second-order valence-corrected chi connectivity index (χ2v) is 10.9. The zero-order chi connectivity index (χ0) is 28.1. The number of alkyl carbamates (subject to hydrolysis) is 1. The molecule has 0 saturated heterocycles. The number of rotatable bonds is 14. The number of benzene rings is 2. The average molecular weight is 564 g/mol. The van der Waals surface area contributed by atoms with Crippen LogP contribution in [0, 0.1) is 0 Å². The molecule has 1 atom stereocenters. The van der Waals surface area contributed by atoms with Gasteiger partial charge in [-0.1, -0.05) is 53.7 Å². The van der Waals surface area contributed by atoms with E-state index in [9.17, 15) is 23.1 Å². The van der Waals surface area contributed by atoms with Crippen LogP contribution in [0.5, 0.6) is 0 Å². The molecule has 0 aliphatic heterocycles. The maximum Gasteiger partial charge on any atom is 0.407 e. The number of hydroxylamine groups is 1. The lowest BCUT2D eigenvalue weighted by molar-refractivity contribution is -0.142. The van der Waals surface area contributed by atoms with Crippen LogP contribution in [0.25, 0.3) is 0 Å². The number of sulfonamides is 1. The Morgan fingerprint density at radius 1 is 1.05 bits per heavy atom. The quantitative estimate of drug-likeness (QED) is 0.173. The number of anilines is 1. The molecule has 0 aromatic heterocycles. The molecular formula is C26H37N5O7S. The molecule has 3 rings (SSSR count). The normalized spacial score (nSPS) is 14.5. The fourth-order valence-electron chi connectivity index (χ4n) is 3.93. The summed E-state index contributed by atoms with van der Waals surface area (Å²) in [5, 5.41) is 21.2. The first-order valence-electron chi connectivity index (χ1n) is 12.9. The fraction of sp³-hybridized carbons (Fsp3) is 0.462. The van der Waals surface area contributed by atoms with Crippen LogP contribution >= 0.6 is 0 Å². The molecule has 39 heavy (non-hydrogen) atoms. The summed E-state index contributed by atoms with van der Waals surface area (Å²) < 4.78 is 33.1. The number of nitrogens with one attached hydrogen (secondary N) is 4. The van der Waals surface area contributed by atoms with Gasteiger partial charge in [-0.05, 0) is 36.6 Å². The minimum atomic E-state index is -4.15. The predicted molar refractivity (Wildman–Crippen MR) is 145 cm³/mol. The molecule has 12 nitrogen and oxygen atoms in total. The first-order valence-corrected chi connectivity index (χ1v) is 14.3. The van der Waals surface area contributed by atoms with E-state index < -0.39 is 22.2 Å². The zero-order valence-corrected chi connectivity index (χ0v) is 22.8. The molecule has 1 fully saturated rings. The lowest BCUT2D eigenvalue weighted by atomic mass is 10.2. The number of carbonyl (C=O) groups is 2. The molecule has 13 heteroatoms. The second kappa shape index (κ2) is 15.3. The van der Waals surface area contributed by atoms with E-state index in [-0.39, 0.29) is 36.7 Å². The van der Waals surface area contributed by atoms with Crippen LogP contribution in [0.4, 0.5) is 15.3 Å². The average Bonchev–Trinajstić information content (AvgIpc) is 3.46. The van der Waals surface area contributed by atoms with E-state index in [4.69, 9.17) is 9.57 Å². The Morgan fingerprint density at radius 3 is 2.51 bits per heavy atom. The fourth-order valence-corrected chi connectivity index (χ4v) is 5.29. The van der Waals surface area contributed by atoms with Crippen molar-refractivity contribution < 1.29 is 32.7 Å². The van der Waals surface area contributed by atoms with Crippen LogP contribution in [-0.4, -0.2) is 75.6 Å². The van der Waals surface area contributed by atoms with Crippen molar-refractivity contribution in [3.8, 4) is 0 Å². The second-order valence-electron chi connectivity index (χ2n) is 9.06. The maximum atomic E-state index is 13.5. The van der Waals surface area contributed by atoms with E-state index in [1.165, 1.54) is 19.2 Å². The summed E-state index contributed by atoms with van der Waals surface area (Å²) in [6.07, 6.45) is 1.03. The molecule has 0 radical (unpaired) electrons. The highest BCUT2D eigenvalue weighted by Gasteiger charge is 2.32. The van der Waals surface area contributed by atoms with E-state index in [0.29, 0.717) is 31.6 Å². The van der Waals surface area contributed by atoms with Gasteiger partial charge in [-0.15, -0.1) is 0 Å². The largest absolute Gasteiger partial charge is 0.445 e. The third kappa shape index (κ3) is 10.0. The van der Waals surface area contributed by atoms with E-state index >= 15 is 0 Å². The molecule has 3 amide bonds. The summed E-state index contributed by atoms with van der Waals surface area (Å²) >= 11 is 0. The number of nitrogens with zero attached hydrogens (tertiary/aromatic N) is 1. The van der Waals surface area contributed by atoms with Gasteiger partial charge in [0, 0.05) is 32.4 Å². The van der Waals surface area contributed by atoms with E-state index in [0.717, 1.165) is 22.9 Å². The molecule has 1 saturated carbocycles. The number of ether oxygens (including phenoxy) is 1. The van der Waals surface area contributed by atoms with Gasteiger partial charge in [-0.25, -0.2) is 18.0 Å². The van der Waals surface area contributed by atoms with Crippen molar-refractivity contribution in [1.82, 2.24) is 20.4 Å². The summed E-state index contributed by atoms with van der Waals surface area (Å²) in [4.78, 5) is 29.2. The van der Waals surface area contributed by atoms with Crippen molar-refractivity contribution >= 4 is 27.8 Å². The predicted octanol–water partition coefficient (Wildman–Crippen LogP) is 2.18. The van der Waals surface area contributed by atoms with E-state index in [1.54, 1.807) is 12.1 Å². The Morgan fingerprint density at radius 2 is 1.79 bits per heavy atom. The molecule has 214 valence electrons. The molecule has 1 unspecified atom stereocenters. The zero-order valence-electron chi connectivity index (χ0n) is 22.0. The standard InChI is InChI=1S/C26H37N5O7S/c1-27-25(33)29-15-14-28-21-10-7-13-24(16-21)39(35,36)31(38-23-11-5-6-12-23)18-22(32)17-30-26(34)37-19-20-8-3-2-4-9-20/h2-4,7-10,13,16,22-23,28,32H,5-6,11-12,14-15,17-19H2,1H3,(H,30,34)(H2,27,29,33). The molecule has 0 spiro atoms. The van der Waals surface area contributed by atoms with Crippen LogP contribution in [0.3, 0.4) is 0 Å². The topological polar surface area (TPSA) is 158 Å². The SMILES string of the molecule is CNC(=O)NCCNc1cccc(S(=O)(=O)N(CC(O)CNC(=O)OCc2ccccc2)OC2CCCC2)c1. The molecule has 0 bridgehead atoms. The number of amides is 3. The molecule has 5 N–H and O–H groups in total. The summed E-state index contributed by atoms with van der Waals surface area (Å²) in [7, 11) is -2.64. The van der Waals surface area contributed by atoms with Crippen molar-refractivity contribution in [2.45, 2.75) is 49.4 Å². The number of urea groups is 1. The van der Waals surface area contributed by atoms with Gasteiger partial charge in [-0.3, -0.25) is 4.84 Å². The van der Waals surface area contributed by atoms with Crippen LogP contribution in [-0.2, 0) is 26.2 Å². The van der Waals surface area contributed by atoms with Crippen LogP contribution in [0.2, 0.25) is 0 Å². The first kappa shape index (κ1) is 30.2. The molecule has 2 aromatic rings. The van der Waals surface area contributed by atoms with Gasteiger partial charge < -0.3 is 31.1 Å². The lowest BCUT2D eigenvalue weighted by Crippen LogP contribution is -2.44. The van der Waals surface area contributed by atoms with Crippen molar-refractivity contribution in [3.63, 3.8) is 0 Å². The summed E-state index contributed by atoms with van der Waals surface area (Å²) in [5.41, 5.74) is 1.36. The van der Waals surface area contributed by atoms with E-state index in [1.807, 2.05) is 30.3 Å². The molecule has 2 aromatic carbocycles. The van der Waals surface area contributed by atoms with Crippen molar-refractivity contribution in [2.24, 2.45) is 0 Å². The van der Waals surface area contributed by atoms with Crippen molar-refractivity contribution in [3.05, 3.63) is 60.2 Å². The Balaban J connectivity index is 1.60. The Labute approximate surface area is 229 Å². The highest BCUT2D eigenvalue weighted by molar-refractivity contribution is 7.89. The number of carbonyl (C=O) groups excluding carboxylic acids is 2. The minimum Gasteiger partial charge on any atom is -0.445 e. The summed E-state index contributed by atoms with van der Waals surface area (Å²) in [5.74, 6) is 0. The van der Waals surface area contributed by atoms with Gasteiger partial charge in [0.25, 0.3) is 10.0 Å². The number of hydrogen-bond donors (Lipinski definition) is 5. The van der Waals surface area contributed by atoms with Gasteiger partial charge in [0.2, 0.25) is 0 Å². The smallest absolute Gasteiger partial charge is 0.407 e. The van der Waals surface area contributed by atoms with Gasteiger partial charge in [0.05, 0.1) is 23.6 Å². The maximum absolute atomic E-state index is 13.5. The van der Waals surface area contributed by atoms with Crippen LogP contribution in [0.1, 0.15) is 31.2 Å². The van der Waals surface area contributed by atoms with Crippen LogP contribution < -0.4 is 21.3 Å². The highest BCUT2D eigenvalue weighted by Crippen LogP contribution is 2.26. The first-order chi connectivity index (χ1) is 18.8. The monoisotopic (exact) mass is 563 g/mol. The Hall–Kier alpha value is -3.39. The van der Waals surface area contributed by atoms with Crippen molar-refractivity contribution in [2.75, 3.05) is 38.5 Å². The number of aliphatic hydroxyl groups excluding tert-OH is 1. The highest BCUT2D eigenvalue weighted by atomic mass is 32.2. The Kier molecular flexibility index (Phi) is 11.8. The molecule has 1 aliphatic rings.